The summed E-state index contributed by atoms with van der Waals surface area (Å²) in [4.78, 5) is 50.3. The molecule has 196 valence electrons. The molecule has 1 N–H and O–H groups in total. The zero-order valence-corrected chi connectivity index (χ0v) is 21.4. The number of aliphatic carboxylic acids is 1. The van der Waals surface area contributed by atoms with Gasteiger partial charge in [0.25, 0.3) is 0 Å². The number of carboxylic acid groups (broad SMARTS) is 1. The summed E-state index contributed by atoms with van der Waals surface area (Å²) in [6.45, 7) is 1.61. The van der Waals surface area contributed by atoms with Gasteiger partial charge in [-0.2, -0.15) is 0 Å². The molecule has 2 aromatic rings. The van der Waals surface area contributed by atoms with Crippen LogP contribution >= 0.6 is 11.6 Å². The number of fused-ring (bicyclic) bond motifs is 1. The molecule has 3 atom stereocenters. The maximum absolute atomic E-state index is 14.0. The quantitative estimate of drug-likeness (QED) is 0.586. The second-order valence-electron chi connectivity index (χ2n) is 10.0. The minimum absolute atomic E-state index is 0.0616. The van der Waals surface area contributed by atoms with Crippen LogP contribution < -0.4 is 4.74 Å². The number of carbonyl (C=O) groups excluding carboxylic acids is 2. The third-order valence-electron chi connectivity index (χ3n) is 7.83. The van der Waals surface area contributed by atoms with Gasteiger partial charge in [-0.3, -0.25) is 14.4 Å². The Bertz CT molecular complexity index is 1180. The Balaban J connectivity index is 1.51. The lowest BCUT2D eigenvalue weighted by Crippen LogP contribution is -2.50. The van der Waals surface area contributed by atoms with E-state index in [4.69, 9.17) is 16.3 Å². The molecule has 10 heteroatoms. The molecule has 0 spiro atoms. The standard InChI is InChI=1S/C27H31ClN4O5/c28-21-7-8-23(37-15-17-12-29-16-30-13-17)25-20(21)9-11-32(22(25)14-31-10-3-6-24(31)33)26(34)18-4-1-2-5-19(18)27(35)36/h7-8,12-13,16,18-19,22H,1-6,9-11,14-15H2,(H,35,36)/t18?,19-,22-/m1/s1. The number of hydrogen-bond donors (Lipinski definition) is 1. The fourth-order valence-corrected chi connectivity index (χ4v) is 6.23. The molecule has 1 saturated heterocycles. The Kier molecular flexibility index (Phi) is 7.60. The second-order valence-corrected chi connectivity index (χ2v) is 10.5. The van der Waals surface area contributed by atoms with Crippen LogP contribution in [0.2, 0.25) is 5.02 Å². The van der Waals surface area contributed by atoms with Crippen LogP contribution in [0.15, 0.2) is 30.9 Å². The maximum Gasteiger partial charge on any atom is 0.307 e. The topological polar surface area (TPSA) is 113 Å². The maximum atomic E-state index is 14.0. The van der Waals surface area contributed by atoms with Crippen molar-refractivity contribution in [1.82, 2.24) is 19.8 Å². The summed E-state index contributed by atoms with van der Waals surface area (Å²) in [5.74, 6) is -1.68. The van der Waals surface area contributed by atoms with Gasteiger partial charge in [0.2, 0.25) is 11.8 Å². The van der Waals surface area contributed by atoms with E-state index in [1.807, 2.05) is 0 Å². The second kappa shape index (κ2) is 11.0. The molecule has 0 bridgehead atoms. The van der Waals surface area contributed by atoms with Crippen LogP contribution in [0, 0.1) is 11.8 Å². The zero-order valence-electron chi connectivity index (χ0n) is 20.6. The highest BCUT2D eigenvalue weighted by Crippen LogP contribution is 2.43. The third-order valence-corrected chi connectivity index (χ3v) is 8.18. The van der Waals surface area contributed by atoms with Crippen LogP contribution in [-0.2, 0) is 27.4 Å². The molecule has 0 radical (unpaired) electrons. The van der Waals surface area contributed by atoms with Crippen LogP contribution in [0.4, 0.5) is 0 Å². The van der Waals surface area contributed by atoms with Gasteiger partial charge in [0.15, 0.2) is 0 Å². The van der Waals surface area contributed by atoms with Crippen LogP contribution in [0.25, 0.3) is 0 Å². The number of carboxylic acids is 1. The van der Waals surface area contributed by atoms with Crippen molar-refractivity contribution in [2.45, 2.75) is 57.6 Å². The fourth-order valence-electron chi connectivity index (χ4n) is 5.97. The molecular formula is C27H31ClN4O5. The third kappa shape index (κ3) is 5.28. The van der Waals surface area contributed by atoms with Crippen molar-refractivity contribution in [2.24, 2.45) is 11.8 Å². The normalized spacial score (nSPS) is 23.6. The Morgan fingerprint density at radius 3 is 2.51 bits per heavy atom. The van der Waals surface area contributed by atoms with Crippen molar-refractivity contribution in [1.29, 1.82) is 0 Å². The lowest BCUT2D eigenvalue weighted by Gasteiger charge is -2.43. The summed E-state index contributed by atoms with van der Waals surface area (Å²) in [5.41, 5.74) is 2.50. The lowest BCUT2D eigenvalue weighted by molar-refractivity contribution is -0.154. The van der Waals surface area contributed by atoms with Gasteiger partial charge in [-0.05, 0) is 43.4 Å². The van der Waals surface area contributed by atoms with Crippen LogP contribution in [-0.4, -0.2) is 62.3 Å². The largest absolute Gasteiger partial charge is 0.488 e. The van der Waals surface area contributed by atoms with E-state index < -0.39 is 23.8 Å². The first-order valence-corrected chi connectivity index (χ1v) is 13.3. The summed E-state index contributed by atoms with van der Waals surface area (Å²) in [7, 11) is 0. The summed E-state index contributed by atoms with van der Waals surface area (Å²) in [6.07, 6.45) is 9.32. The van der Waals surface area contributed by atoms with Gasteiger partial charge in [0, 0.05) is 54.6 Å². The summed E-state index contributed by atoms with van der Waals surface area (Å²) in [5, 5.41) is 10.4. The minimum Gasteiger partial charge on any atom is -0.488 e. The van der Waals surface area contributed by atoms with Gasteiger partial charge in [-0.15, -0.1) is 0 Å². The zero-order chi connectivity index (χ0) is 25.9. The monoisotopic (exact) mass is 526 g/mol. The number of nitrogens with zero attached hydrogens (tertiary/aromatic N) is 4. The molecule has 1 aliphatic carbocycles. The van der Waals surface area contributed by atoms with Crippen molar-refractivity contribution < 1.29 is 24.2 Å². The predicted octanol–water partition coefficient (Wildman–Crippen LogP) is 3.65. The predicted molar refractivity (Wildman–Crippen MR) is 135 cm³/mol. The van der Waals surface area contributed by atoms with E-state index in [2.05, 4.69) is 9.97 Å². The molecular weight excluding hydrogens is 496 g/mol. The van der Waals surface area contributed by atoms with Crippen LogP contribution in [0.5, 0.6) is 5.75 Å². The van der Waals surface area contributed by atoms with Gasteiger partial charge >= 0.3 is 5.97 Å². The summed E-state index contributed by atoms with van der Waals surface area (Å²) in [6, 6.07) is 3.13. The van der Waals surface area contributed by atoms with Gasteiger partial charge in [0.1, 0.15) is 18.7 Å². The molecule has 1 unspecified atom stereocenters. The first kappa shape index (κ1) is 25.4. The molecule has 1 saturated carbocycles. The van der Waals surface area contributed by atoms with Crippen molar-refractivity contribution >= 4 is 29.4 Å². The number of amides is 2. The SMILES string of the molecule is O=C(O)[C@@H]1CCCCC1C(=O)N1CCc2c(Cl)ccc(OCc3cncnc3)c2[C@H]1CN1CCCC1=O. The molecule has 5 rings (SSSR count). The van der Waals surface area contributed by atoms with Crippen LogP contribution in [0.1, 0.15) is 61.3 Å². The number of benzene rings is 1. The number of rotatable bonds is 7. The van der Waals surface area contributed by atoms with Crippen molar-refractivity contribution in [2.75, 3.05) is 19.6 Å². The molecule has 2 fully saturated rings. The highest BCUT2D eigenvalue weighted by Gasteiger charge is 2.43. The molecule has 2 aliphatic heterocycles. The number of ether oxygens (including phenoxy) is 1. The van der Waals surface area contributed by atoms with E-state index in [9.17, 15) is 19.5 Å². The molecule has 3 heterocycles. The Morgan fingerprint density at radius 2 is 1.81 bits per heavy atom. The van der Waals surface area contributed by atoms with Gasteiger partial charge in [0.05, 0.1) is 17.9 Å². The number of carbonyl (C=O) groups is 3. The number of aromatic nitrogens is 2. The van der Waals surface area contributed by atoms with Gasteiger partial charge in [-0.1, -0.05) is 24.4 Å². The molecule has 9 nitrogen and oxygen atoms in total. The first-order chi connectivity index (χ1) is 17.9. The highest BCUT2D eigenvalue weighted by atomic mass is 35.5. The van der Waals surface area contributed by atoms with Crippen molar-refractivity contribution in [3.05, 3.63) is 52.6 Å². The van der Waals surface area contributed by atoms with E-state index in [0.717, 1.165) is 36.0 Å². The first-order valence-electron chi connectivity index (χ1n) is 12.9. The Morgan fingerprint density at radius 1 is 1.05 bits per heavy atom. The van der Waals surface area contributed by atoms with E-state index >= 15 is 0 Å². The van der Waals surface area contributed by atoms with Gasteiger partial charge in [-0.25, -0.2) is 9.97 Å². The Hall–Kier alpha value is -3.20. The minimum atomic E-state index is -0.918. The van der Waals surface area contributed by atoms with E-state index in [1.165, 1.54) is 6.33 Å². The number of likely N-dealkylation sites (tertiary alicyclic amines) is 1. The molecule has 2 amide bonds. The molecule has 1 aromatic heterocycles. The molecule has 37 heavy (non-hydrogen) atoms. The average molecular weight is 527 g/mol. The number of hydrogen-bond acceptors (Lipinski definition) is 6. The fraction of sp³-hybridized carbons (Fsp3) is 0.519. The van der Waals surface area contributed by atoms with Crippen molar-refractivity contribution in [3.8, 4) is 5.75 Å². The lowest BCUT2D eigenvalue weighted by atomic mass is 9.77. The summed E-state index contributed by atoms with van der Waals surface area (Å²) < 4.78 is 6.23. The van der Waals surface area contributed by atoms with Crippen molar-refractivity contribution in [3.63, 3.8) is 0 Å². The number of halogens is 1. The summed E-state index contributed by atoms with van der Waals surface area (Å²) >= 11 is 6.65. The van der Waals surface area contributed by atoms with Crippen LogP contribution in [0.3, 0.4) is 0 Å². The molecule has 3 aliphatic rings. The highest BCUT2D eigenvalue weighted by molar-refractivity contribution is 6.31. The van der Waals surface area contributed by atoms with E-state index in [-0.39, 0.29) is 18.4 Å². The average Bonchev–Trinajstić information content (AvgIpc) is 3.32. The smallest absolute Gasteiger partial charge is 0.307 e. The van der Waals surface area contributed by atoms with Gasteiger partial charge < -0.3 is 19.6 Å². The van der Waals surface area contributed by atoms with E-state index in [1.54, 1.807) is 34.3 Å². The van der Waals surface area contributed by atoms with E-state index in [0.29, 0.717) is 56.1 Å². The Labute approximate surface area is 220 Å². The molecule has 1 aromatic carbocycles.